The van der Waals surface area contributed by atoms with Gasteiger partial charge in [0.15, 0.2) is 0 Å². The lowest BCUT2D eigenvalue weighted by Gasteiger charge is -2.08. The van der Waals surface area contributed by atoms with Gasteiger partial charge in [0.1, 0.15) is 12.7 Å². The van der Waals surface area contributed by atoms with Gasteiger partial charge in [-0.05, 0) is 43.8 Å². The minimum absolute atomic E-state index is 0. The molecular weight excluding hydrogens is 286 g/mol. The van der Waals surface area contributed by atoms with E-state index in [1.807, 2.05) is 4.68 Å². The number of hydrogen-bond donors (Lipinski definition) is 1. The van der Waals surface area contributed by atoms with Crippen LogP contribution < -0.4 is 0 Å². The van der Waals surface area contributed by atoms with Crippen molar-refractivity contribution < 1.29 is 0 Å². The molecule has 0 atom stereocenters. The van der Waals surface area contributed by atoms with Gasteiger partial charge in [-0.25, -0.2) is 9.67 Å². The van der Waals surface area contributed by atoms with Crippen LogP contribution in [0.3, 0.4) is 0 Å². The molecule has 0 saturated heterocycles. The lowest BCUT2D eigenvalue weighted by atomic mass is 10.1. The zero-order valence-corrected chi connectivity index (χ0v) is 13.1. The molecule has 0 spiro atoms. The summed E-state index contributed by atoms with van der Waals surface area (Å²) in [6, 6.07) is 6.52. The van der Waals surface area contributed by atoms with E-state index in [1.165, 1.54) is 22.0 Å². The predicted molar refractivity (Wildman–Crippen MR) is 86.9 cm³/mol. The largest absolute Gasteiger partial charge is 0.361 e. The van der Waals surface area contributed by atoms with Crippen molar-refractivity contribution in [3.05, 3.63) is 48.2 Å². The number of hydrogen-bond acceptors (Lipinski definition) is 3. The number of H-pyrrole nitrogens is 1. The Morgan fingerprint density at radius 3 is 2.86 bits per heavy atom. The van der Waals surface area contributed by atoms with Crippen molar-refractivity contribution in [2.75, 3.05) is 20.6 Å². The maximum absolute atomic E-state index is 4.15. The number of fused-ring (bicyclic) bond motifs is 1. The van der Waals surface area contributed by atoms with Crippen molar-refractivity contribution >= 4 is 23.3 Å². The first-order chi connectivity index (χ1) is 9.72. The Hall–Kier alpha value is -1.85. The van der Waals surface area contributed by atoms with E-state index in [4.69, 9.17) is 0 Å². The van der Waals surface area contributed by atoms with E-state index in [1.54, 1.807) is 12.7 Å². The molecule has 2 aromatic heterocycles. The highest BCUT2D eigenvalue weighted by Gasteiger charge is 2.06. The van der Waals surface area contributed by atoms with Crippen LogP contribution in [0.1, 0.15) is 11.1 Å². The Bertz CT molecular complexity index is 687. The highest BCUT2D eigenvalue weighted by molar-refractivity contribution is 5.85. The summed E-state index contributed by atoms with van der Waals surface area (Å²) in [6.07, 6.45) is 6.48. The molecule has 5 nitrogen and oxygen atoms in total. The molecule has 0 saturated carbocycles. The van der Waals surface area contributed by atoms with Gasteiger partial charge in [0.25, 0.3) is 0 Å². The van der Waals surface area contributed by atoms with Crippen LogP contribution in [0.25, 0.3) is 10.9 Å². The van der Waals surface area contributed by atoms with Gasteiger partial charge in [-0.3, -0.25) is 0 Å². The van der Waals surface area contributed by atoms with Gasteiger partial charge < -0.3 is 9.88 Å². The molecule has 2 heterocycles. The Morgan fingerprint density at radius 1 is 1.29 bits per heavy atom. The monoisotopic (exact) mass is 305 g/mol. The van der Waals surface area contributed by atoms with Crippen molar-refractivity contribution in [3.8, 4) is 0 Å². The second kappa shape index (κ2) is 6.74. The first-order valence-corrected chi connectivity index (χ1v) is 6.78. The highest BCUT2D eigenvalue weighted by atomic mass is 35.5. The van der Waals surface area contributed by atoms with E-state index in [2.05, 4.69) is 58.5 Å². The van der Waals surface area contributed by atoms with Gasteiger partial charge in [0, 0.05) is 23.6 Å². The molecule has 6 heteroatoms. The molecule has 0 unspecified atom stereocenters. The maximum Gasteiger partial charge on any atom is 0.137 e. The summed E-state index contributed by atoms with van der Waals surface area (Å²) in [5.74, 6) is 0. The molecule has 0 aliphatic heterocycles. The van der Waals surface area contributed by atoms with Gasteiger partial charge in [-0.1, -0.05) is 6.07 Å². The number of benzene rings is 1. The van der Waals surface area contributed by atoms with E-state index >= 15 is 0 Å². The summed E-state index contributed by atoms with van der Waals surface area (Å²) < 4.78 is 1.84. The molecule has 112 valence electrons. The second-order valence-corrected chi connectivity index (χ2v) is 5.34. The van der Waals surface area contributed by atoms with Crippen molar-refractivity contribution in [2.45, 2.75) is 13.0 Å². The topological polar surface area (TPSA) is 49.7 Å². The number of rotatable bonds is 5. The molecule has 3 rings (SSSR count). The van der Waals surface area contributed by atoms with Crippen LogP contribution in [-0.2, 0) is 13.0 Å². The van der Waals surface area contributed by atoms with Gasteiger partial charge in [0.05, 0.1) is 6.54 Å². The zero-order valence-electron chi connectivity index (χ0n) is 12.3. The highest BCUT2D eigenvalue weighted by Crippen LogP contribution is 2.21. The molecule has 21 heavy (non-hydrogen) atoms. The number of likely N-dealkylation sites (N-methyl/N-ethyl adjacent to an activating group) is 1. The zero-order chi connectivity index (χ0) is 13.9. The van der Waals surface area contributed by atoms with Crippen molar-refractivity contribution in [3.63, 3.8) is 0 Å². The quantitative estimate of drug-likeness (QED) is 0.787. The Balaban J connectivity index is 0.00000161. The minimum Gasteiger partial charge on any atom is -0.361 e. The van der Waals surface area contributed by atoms with E-state index in [0.717, 1.165) is 19.5 Å². The van der Waals surface area contributed by atoms with Gasteiger partial charge in [-0.15, -0.1) is 12.4 Å². The van der Waals surface area contributed by atoms with Crippen molar-refractivity contribution in [1.82, 2.24) is 24.6 Å². The number of aromatic nitrogens is 4. The van der Waals surface area contributed by atoms with E-state index in [-0.39, 0.29) is 12.4 Å². The average Bonchev–Trinajstić information content (AvgIpc) is 3.05. The third-order valence-corrected chi connectivity index (χ3v) is 3.47. The molecule has 0 fully saturated rings. The fourth-order valence-corrected chi connectivity index (χ4v) is 2.38. The van der Waals surface area contributed by atoms with Crippen LogP contribution in [-0.4, -0.2) is 45.3 Å². The molecule has 0 amide bonds. The molecule has 0 aliphatic carbocycles. The standard InChI is InChI=1S/C15H19N5.ClH/c1-19(2)6-5-13-8-17-15-4-3-12(7-14(13)15)9-20-11-16-10-18-20;/h3-4,7-8,10-11,17H,5-6,9H2,1-2H3;1H. The van der Waals surface area contributed by atoms with Crippen LogP contribution >= 0.6 is 12.4 Å². The average molecular weight is 306 g/mol. The summed E-state index contributed by atoms with van der Waals surface area (Å²) in [6.45, 7) is 1.81. The van der Waals surface area contributed by atoms with Crippen LogP contribution in [0.4, 0.5) is 0 Å². The summed E-state index contributed by atoms with van der Waals surface area (Å²) in [4.78, 5) is 9.53. The van der Waals surface area contributed by atoms with Crippen molar-refractivity contribution in [1.29, 1.82) is 0 Å². The molecule has 3 aromatic rings. The third kappa shape index (κ3) is 3.62. The molecular formula is C15H20ClN5. The number of aromatic amines is 1. The lowest BCUT2D eigenvalue weighted by molar-refractivity contribution is 0.414. The second-order valence-electron chi connectivity index (χ2n) is 5.34. The van der Waals surface area contributed by atoms with Crippen LogP contribution in [0.2, 0.25) is 0 Å². The summed E-state index contributed by atoms with van der Waals surface area (Å²) in [5.41, 5.74) is 3.81. The van der Waals surface area contributed by atoms with Crippen LogP contribution in [0, 0.1) is 0 Å². The lowest BCUT2D eigenvalue weighted by Crippen LogP contribution is -2.14. The molecule has 0 aliphatic rings. The van der Waals surface area contributed by atoms with E-state index < -0.39 is 0 Å². The molecule has 0 bridgehead atoms. The van der Waals surface area contributed by atoms with Crippen LogP contribution in [0.15, 0.2) is 37.1 Å². The number of nitrogens with zero attached hydrogens (tertiary/aromatic N) is 4. The summed E-state index contributed by atoms with van der Waals surface area (Å²) in [5, 5.41) is 5.46. The molecule has 0 radical (unpaired) electrons. The third-order valence-electron chi connectivity index (χ3n) is 3.47. The normalized spacial score (nSPS) is 11.0. The Labute approximate surface area is 130 Å². The van der Waals surface area contributed by atoms with Crippen molar-refractivity contribution in [2.24, 2.45) is 0 Å². The smallest absolute Gasteiger partial charge is 0.137 e. The van der Waals surface area contributed by atoms with E-state index in [0.29, 0.717) is 0 Å². The molecule has 1 aromatic carbocycles. The number of halogens is 1. The SMILES string of the molecule is CN(C)CCc1c[nH]c2ccc(Cn3cncn3)cc12.Cl. The van der Waals surface area contributed by atoms with Gasteiger partial charge in [0.2, 0.25) is 0 Å². The van der Waals surface area contributed by atoms with E-state index in [9.17, 15) is 0 Å². The van der Waals surface area contributed by atoms with Crippen LogP contribution in [0.5, 0.6) is 0 Å². The molecule has 1 N–H and O–H groups in total. The minimum atomic E-state index is 0. The van der Waals surface area contributed by atoms with Gasteiger partial charge in [-0.2, -0.15) is 5.10 Å². The Kier molecular flexibility index (Phi) is 4.98. The van der Waals surface area contributed by atoms with Gasteiger partial charge >= 0.3 is 0 Å². The first kappa shape index (κ1) is 15.5. The fraction of sp³-hybridized carbons (Fsp3) is 0.333. The fourth-order valence-electron chi connectivity index (χ4n) is 2.38. The predicted octanol–water partition coefficient (Wildman–Crippen LogP) is 2.33. The maximum atomic E-state index is 4.15. The number of nitrogens with one attached hydrogen (secondary N) is 1. The first-order valence-electron chi connectivity index (χ1n) is 6.78. The summed E-state index contributed by atoms with van der Waals surface area (Å²) in [7, 11) is 4.20. The summed E-state index contributed by atoms with van der Waals surface area (Å²) >= 11 is 0. The Morgan fingerprint density at radius 2 is 2.14 bits per heavy atom.